The molecular formula is C25H27N3O3. The van der Waals surface area contributed by atoms with E-state index in [1.165, 1.54) is 0 Å². The molecule has 6 nitrogen and oxygen atoms in total. The summed E-state index contributed by atoms with van der Waals surface area (Å²) >= 11 is 0. The molecular weight excluding hydrogens is 390 g/mol. The second kappa shape index (κ2) is 8.76. The van der Waals surface area contributed by atoms with Crippen molar-refractivity contribution in [3.8, 4) is 0 Å². The minimum atomic E-state index is -0.450. The normalized spacial score (nSPS) is 12.5. The Morgan fingerprint density at radius 2 is 1.74 bits per heavy atom. The lowest BCUT2D eigenvalue weighted by atomic mass is 10.0. The molecule has 0 bridgehead atoms. The number of rotatable bonds is 6. The molecule has 4 rings (SSSR count). The van der Waals surface area contributed by atoms with Crippen LogP contribution >= 0.6 is 0 Å². The van der Waals surface area contributed by atoms with Crippen LogP contribution in [0.25, 0.3) is 10.9 Å². The van der Waals surface area contributed by atoms with Crippen molar-refractivity contribution in [3.05, 3.63) is 70.9 Å². The average Bonchev–Trinajstić information content (AvgIpc) is 3.23. The summed E-state index contributed by atoms with van der Waals surface area (Å²) in [6.07, 6.45) is 2.66. The number of para-hydroxylation sites is 1. The molecule has 0 fully saturated rings. The van der Waals surface area contributed by atoms with Gasteiger partial charge in [0.25, 0.3) is 5.91 Å². The van der Waals surface area contributed by atoms with Crippen molar-refractivity contribution in [2.24, 2.45) is 0 Å². The number of aryl methyl sites for hydroxylation is 1. The van der Waals surface area contributed by atoms with Gasteiger partial charge in [0.15, 0.2) is 6.61 Å². The molecule has 1 aromatic heterocycles. The summed E-state index contributed by atoms with van der Waals surface area (Å²) in [5.74, 6) is -0.686. The topological polar surface area (TPSA) is 62.7 Å². The van der Waals surface area contributed by atoms with Crippen LogP contribution < -0.4 is 4.90 Å². The molecule has 0 saturated carbocycles. The predicted octanol–water partition coefficient (Wildman–Crippen LogP) is 3.60. The maximum Gasteiger partial charge on any atom is 0.339 e. The van der Waals surface area contributed by atoms with Crippen LogP contribution in [0.2, 0.25) is 0 Å². The van der Waals surface area contributed by atoms with Crippen molar-refractivity contribution >= 4 is 28.5 Å². The molecule has 0 N–H and O–H groups in total. The molecule has 0 aliphatic heterocycles. The fourth-order valence-corrected chi connectivity index (χ4v) is 4.02. The van der Waals surface area contributed by atoms with Gasteiger partial charge in [0.2, 0.25) is 0 Å². The van der Waals surface area contributed by atoms with E-state index in [-0.39, 0.29) is 12.5 Å². The zero-order valence-corrected chi connectivity index (χ0v) is 18.2. The van der Waals surface area contributed by atoms with E-state index in [0.717, 1.165) is 52.7 Å². The zero-order chi connectivity index (χ0) is 22.0. The van der Waals surface area contributed by atoms with Crippen LogP contribution in [0.4, 0.5) is 5.69 Å². The largest absolute Gasteiger partial charge is 0.452 e. The van der Waals surface area contributed by atoms with Crippen molar-refractivity contribution in [2.45, 2.75) is 25.8 Å². The Hall–Kier alpha value is -3.41. The fraction of sp³-hybridized carbons (Fsp3) is 0.320. The van der Waals surface area contributed by atoms with Gasteiger partial charge in [-0.3, -0.25) is 9.78 Å². The number of likely N-dealkylation sites (N-methyl/N-ethyl adjacent to an activating group) is 1. The molecule has 1 aliphatic rings. The second-order valence-electron chi connectivity index (χ2n) is 8.17. The maximum atomic E-state index is 13.0. The molecule has 31 heavy (non-hydrogen) atoms. The molecule has 3 aromatic rings. The Morgan fingerprint density at radius 1 is 1.00 bits per heavy atom. The Morgan fingerprint density at radius 3 is 2.48 bits per heavy atom. The van der Waals surface area contributed by atoms with Crippen LogP contribution in [0.3, 0.4) is 0 Å². The van der Waals surface area contributed by atoms with Crippen LogP contribution in [0.1, 0.15) is 33.6 Å². The monoisotopic (exact) mass is 417 g/mol. The summed E-state index contributed by atoms with van der Waals surface area (Å²) in [5, 5.41) is 0.787. The lowest BCUT2D eigenvalue weighted by Crippen LogP contribution is -2.31. The van der Waals surface area contributed by atoms with Crippen molar-refractivity contribution in [1.29, 1.82) is 0 Å². The number of hydrogen-bond donors (Lipinski definition) is 0. The fourth-order valence-electron chi connectivity index (χ4n) is 4.02. The number of carbonyl (C=O) groups is 2. The minimum Gasteiger partial charge on any atom is -0.452 e. The standard InChI is InChI=1S/C25H27N3O3/c1-27(2)18-13-11-17(12-14-18)15-28(3)23(29)16-31-25(30)24-19-7-4-5-9-21(19)26-22-10-6-8-20(22)24/h4-5,7,9,11-14H,6,8,10,15-16H2,1-3H3. The van der Waals surface area contributed by atoms with Crippen LogP contribution in [-0.2, 0) is 28.9 Å². The van der Waals surface area contributed by atoms with Crippen LogP contribution in [-0.4, -0.2) is 49.5 Å². The molecule has 2 aromatic carbocycles. The number of nitrogens with zero attached hydrogens (tertiary/aromatic N) is 3. The molecule has 0 unspecified atom stereocenters. The number of esters is 1. The first kappa shape index (κ1) is 20.8. The van der Waals surface area contributed by atoms with Gasteiger partial charge in [0.1, 0.15) is 0 Å². The molecule has 1 heterocycles. The maximum absolute atomic E-state index is 13.0. The zero-order valence-electron chi connectivity index (χ0n) is 18.2. The summed E-state index contributed by atoms with van der Waals surface area (Å²) in [7, 11) is 5.69. The van der Waals surface area contributed by atoms with Crippen molar-refractivity contribution in [2.75, 3.05) is 32.6 Å². The first-order chi connectivity index (χ1) is 14.9. The van der Waals surface area contributed by atoms with Crippen LogP contribution in [0.15, 0.2) is 48.5 Å². The molecule has 1 aliphatic carbocycles. The Balaban J connectivity index is 1.43. The third-order valence-corrected chi connectivity index (χ3v) is 5.75. The minimum absolute atomic E-state index is 0.236. The summed E-state index contributed by atoms with van der Waals surface area (Å²) < 4.78 is 5.47. The number of ether oxygens (including phenoxy) is 1. The van der Waals surface area contributed by atoms with Crippen LogP contribution in [0, 0.1) is 0 Å². The van der Waals surface area contributed by atoms with E-state index in [0.29, 0.717) is 12.1 Å². The van der Waals surface area contributed by atoms with Crippen LogP contribution in [0.5, 0.6) is 0 Å². The van der Waals surface area contributed by atoms with E-state index in [2.05, 4.69) is 0 Å². The number of fused-ring (bicyclic) bond motifs is 2. The Kier molecular flexibility index (Phi) is 5.89. The van der Waals surface area contributed by atoms with Gasteiger partial charge in [0, 0.05) is 44.5 Å². The molecule has 0 saturated heterocycles. The van der Waals surface area contributed by atoms with Gasteiger partial charge >= 0.3 is 5.97 Å². The van der Waals surface area contributed by atoms with Gasteiger partial charge in [-0.2, -0.15) is 0 Å². The third-order valence-electron chi connectivity index (χ3n) is 5.75. The quantitative estimate of drug-likeness (QED) is 0.574. The summed E-state index contributed by atoms with van der Waals surface area (Å²) in [4.78, 5) is 33.9. The predicted molar refractivity (Wildman–Crippen MR) is 121 cm³/mol. The van der Waals surface area contributed by atoms with Gasteiger partial charge in [-0.1, -0.05) is 30.3 Å². The molecule has 0 spiro atoms. The van der Waals surface area contributed by atoms with E-state index in [1.54, 1.807) is 11.9 Å². The van der Waals surface area contributed by atoms with Crippen molar-refractivity contribution in [3.63, 3.8) is 0 Å². The summed E-state index contributed by atoms with van der Waals surface area (Å²) in [6.45, 7) is 0.175. The highest BCUT2D eigenvalue weighted by molar-refractivity contribution is 6.05. The molecule has 0 radical (unpaired) electrons. The molecule has 1 amide bonds. The number of benzene rings is 2. The van der Waals surface area contributed by atoms with Gasteiger partial charge in [-0.05, 0) is 48.6 Å². The van der Waals surface area contributed by atoms with E-state index in [9.17, 15) is 9.59 Å². The molecule has 0 atom stereocenters. The number of aromatic nitrogens is 1. The lowest BCUT2D eigenvalue weighted by molar-refractivity contribution is -0.133. The Bertz CT molecular complexity index is 1120. The Labute approximate surface area is 182 Å². The number of amides is 1. The molecule has 160 valence electrons. The van der Waals surface area contributed by atoms with E-state index >= 15 is 0 Å². The number of anilines is 1. The second-order valence-corrected chi connectivity index (χ2v) is 8.17. The first-order valence-electron chi connectivity index (χ1n) is 10.5. The highest BCUT2D eigenvalue weighted by Gasteiger charge is 2.25. The molecule has 6 heteroatoms. The van der Waals surface area contributed by atoms with E-state index < -0.39 is 5.97 Å². The number of hydrogen-bond acceptors (Lipinski definition) is 5. The average molecular weight is 418 g/mol. The van der Waals surface area contributed by atoms with Gasteiger partial charge in [0.05, 0.1) is 11.1 Å². The number of pyridine rings is 1. The highest BCUT2D eigenvalue weighted by atomic mass is 16.5. The number of carbonyl (C=O) groups excluding carboxylic acids is 2. The van der Waals surface area contributed by atoms with Gasteiger partial charge in [-0.15, -0.1) is 0 Å². The third kappa shape index (κ3) is 4.38. The van der Waals surface area contributed by atoms with E-state index in [1.807, 2.05) is 67.5 Å². The van der Waals surface area contributed by atoms with Gasteiger partial charge in [-0.25, -0.2) is 4.79 Å². The van der Waals surface area contributed by atoms with Crippen molar-refractivity contribution < 1.29 is 14.3 Å². The summed E-state index contributed by atoms with van der Waals surface area (Å²) in [5.41, 5.74) is 5.41. The van der Waals surface area contributed by atoms with Crippen molar-refractivity contribution in [1.82, 2.24) is 9.88 Å². The van der Waals surface area contributed by atoms with Gasteiger partial charge < -0.3 is 14.5 Å². The lowest BCUT2D eigenvalue weighted by Gasteiger charge is -2.19. The smallest absolute Gasteiger partial charge is 0.339 e. The first-order valence-corrected chi connectivity index (χ1v) is 10.5. The summed E-state index contributed by atoms with van der Waals surface area (Å²) in [6, 6.07) is 15.6. The SMILES string of the molecule is CN(Cc1ccc(N(C)C)cc1)C(=O)COC(=O)c1c2c(nc3ccccc13)CCC2. The highest BCUT2D eigenvalue weighted by Crippen LogP contribution is 2.30. The van der Waals surface area contributed by atoms with E-state index in [4.69, 9.17) is 9.72 Å².